The number of likely N-dealkylation sites (tertiary alicyclic amines) is 1. The van der Waals surface area contributed by atoms with E-state index in [1.165, 1.54) is 10.2 Å². The van der Waals surface area contributed by atoms with Crippen LogP contribution in [0.5, 0.6) is 0 Å². The van der Waals surface area contributed by atoms with Crippen molar-refractivity contribution in [2.24, 2.45) is 5.41 Å². The predicted octanol–water partition coefficient (Wildman–Crippen LogP) is 2.43. The van der Waals surface area contributed by atoms with Gasteiger partial charge in [0.05, 0.1) is 11.8 Å². The van der Waals surface area contributed by atoms with Crippen molar-refractivity contribution in [1.29, 1.82) is 0 Å². The smallest absolute Gasteiger partial charge is 0.257 e. The molecule has 4 rings (SSSR count). The molecule has 1 aliphatic heterocycles. The normalized spacial score (nSPS) is 16.3. The molecule has 116 valence electrons. The molecule has 5 heteroatoms. The highest BCUT2D eigenvalue weighted by Crippen LogP contribution is 2.34. The molecule has 5 nitrogen and oxygen atoms in total. The van der Waals surface area contributed by atoms with E-state index in [0.29, 0.717) is 5.56 Å². The van der Waals surface area contributed by atoms with E-state index in [2.05, 4.69) is 41.4 Å². The first-order chi connectivity index (χ1) is 11.1. The molecule has 0 unspecified atom stereocenters. The number of hydrogen-bond donors (Lipinski definition) is 0. The van der Waals surface area contributed by atoms with Crippen molar-refractivity contribution in [3.8, 4) is 0 Å². The van der Waals surface area contributed by atoms with Gasteiger partial charge in [0.2, 0.25) is 0 Å². The minimum atomic E-state index is 0.0403. The SMILES string of the molecule is CC1(Cc2ccccc2)CN(C(=O)c2cnn3ncccc23)C1. The highest BCUT2D eigenvalue weighted by molar-refractivity contribution is 6.00. The van der Waals surface area contributed by atoms with Crippen LogP contribution < -0.4 is 0 Å². The molecule has 0 aliphatic carbocycles. The highest BCUT2D eigenvalue weighted by Gasteiger charge is 2.41. The third kappa shape index (κ3) is 2.48. The van der Waals surface area contributed by atoms with Crippen molar-refractivity contribution in [2.75, 3.05) is 13.1 Å². The van der Waals surface area contributed by atoms with Crippen LogP contribution in [-0.2, 0) is 6.42 Å². The maximum absolute atomic E-state index is 12.7. The van der Waals surface area contributed by atoms with Crippen molar-refractivity contribution in [3.05, 3.63) is 66.0 Å². The van der Waals surface area contributed by atoms with Crippen LogP contribution >= 0.6 is 0 Å². The van der Waals surface area contributed by atoms with Gasteiger partial charge in [-0.15, -0.1) is 0 Å². The summed E-state index contributed by atoms with van der Waals surface area (Å²) in [7, 11) is 0. The highest BCUT2D eigenvalue weighted by atomic mass is 16.2. The van der Waals surface area contributed by atoms with Crippen LogP contribution in [0.2, 0.25) is 0 Å². The Kier molecular flexibility index (Phi) is 3.15. The van der Waals surface area contributed by atoms with E-state index in [1.807, 2.05) is 23.1 Å². The second kappa shape index (κ2) is 5.19. The van der Waals surface area contributed by atoms with Crippen molar-refractivity contribution in [3.63, 3.8) is 0 Å². The van der Waals surface area contributed by atoms with Crippen LogP contribution in [0, 0.1) is 5.41 Å². The van der Waals surface area contributed by atoms with Gasteiger partial charge in [0.25, 0.3) is 5.91 Å². The fourth-order valence-electron chi connectivity index (χ4n) is 3.39. The molecule has 3 heterocycles. The second-order valence-corrected chi connectivity index (χ2v) is 6.59. The van der Waals surface area contributed by atoms with E-state index in [1.54, 1.807) is 12.4 Å². The van der Waals surface area contributed by atoms with E-state index in [0.717, 1.165) is 25.0 Å². The summed E-state index contributed by atoms with van der Waals surface area (Å²) >= 11 is 0. The van der Waals surface area contributed by atoms with Crippen LogP contribution in [0.4, 0.5) is 0 Å². The lowest BCUT2D eigenvalue weighted by Gasteiger charge is -2.48. The number of carbonyl (C=O) groups is 1. The molecule has 1 saturated heterocycles. The summed E-state index contributed by atoms with van der Waals surface area (Å²) in [6.45, 7) is 3.79. The molecule has 2 aromatic heterocycles. The van der Waals surface area contributed by atoms with Gasteiger partial charge in [-0.25, -0.2) is 0 Å². The van der Waals surface area contributed by atoms with Gasteiger partial charge in [-0.2, -0.15) is 14.8 Å². The first-order valence-electron chi connectivity index (χ1n) is 7.77. The van der Waals surface area contributed by atoms with E-state index in [4.69, 9.17) is 0 Å². The average molecular weight is 306 g/mol. The molecular formula is C18H18N4O. The predicted molar refractivity (Wildman–Crippen MR) is 87.1 cm³/mol. The number of carbonyl (C=O) groups excluding carboxylic acids is 1. The second-order valence-electron chi connectivity index (χ2n) is 6.59. The number of hydrogen-bond acceptors (Lipinski definition) is 3. The lowest BCUT2D eigenvalue weighted by Crippen LogP contribution is -2.57. The fourth-order valence-corrected chi connectivity index (χ4v) is 3.39. The van der Waals surface area contributed by atoms with E-state index < -0.39 is 0 Å². The van der Waals surface area contributed by atoms with Crippen LogP contribution in [-0.4, -0.2) is 38.7 Å². The van der Waals surface area contributed by atoms with Crippen LogP contribution in [0.1, 0.15) is 22.8 Å². The summed E-state index contributed by atoms with van der Waals surface area (Å²) in [6, 6.07) is 14.1. The van der Waals surface area contributed by atoms with Crippen molar-refractivity contribution in [2.45, 2.75) is 13.3 Å². The minimum absolute atomic E-state index is 0.0403. The Balaban J connectivity index is 1.48. The molecule has 1 aliphatic rings. The number of benzene rings is 1. The molecule has 0 bridgehead atoms. The molecule has 1 fully saturated rings. The third-order valence-corrected chi connectivity index (χ3v) is 4.44. The summed E-state index contributed by atoms with van der Waals surface area (Å²) in [5, 5.41) is 8.25. The molecule has 0 atom stereocenters. The maximum Gasteiger partial charge on any atom is 0.257 e. The van der Waals surface area contributed by atoms with Gasteiger partial charge >= 0.3 is 0 Å². The minimum Gasteiger partial charge on any atom is -0.337 e. The molecule has 0 saturated carbocycles. The Hall–Kier alpha value is -2.69. The Bertz CT molecular complexity index is 850. The summed E-state index contributed by atoms with van der Waals surface area (Å²) in [6.07, 6.45) is 4.26. The molecule has 23 heavy (non-hydrogen) atoms. The average Bonchev–Trinajstić information content (AvgIpc) is 2.97. The summed E-state index contributed by atoms with van der Waals surface area (Å²) in [4.78, 5) is 14.6. The number of aromatic nitrogens is 3. The van der Waals surface area contributed by atoms with Crippen molar-refractivity contribution < 1.29 is 4.79 Å². The van der Waals surface area contributed by atoms with Crippen LogP contribution in [0.15, 0.2) is 54.9 Å². The molecule has 0 N–H and O–H groups in total. The standard InChI is InChI=1S/C18H18N4O/c1-18(10-14-6-3-2-4-7-14)12-21(13-18)17(23)15-11-20-22-16(15)8-5-9-19-22/h2-9,11H,10,12-13H2,1H3. The van der Waals surface area contributed by atoms with Gasteiger partial charge < -0.3 is 4.90 Å². The lowest BCUT2D eigenvalue weighted by molar-refractivity contribution is 0.0154. The Morgan fingerprint density at radius 2 is 1.91 bits per heavy atom. The van der Waals surface area contributed by atoms with Gasteiger partial charge in [-0.3, -0.25) is 4.79 Å². The Morgan fingerprint density at radius 1 is 1.13 bits per heavy atom. The summed E-state index contributed by atoms with van der Waals surface area (Å²) in [5.41, 5.74) is 2.86. The number of amides is 1. The molecule has 0 spiro atoms. The first-order valence-corrected chi connectivity index (χ1v) is 7.77. The van der Waals surface area contributed by atoms with Gasteiger partial charge in [0.15, 0.2) is 0 Å². The zero-order valence-corrected chi connectivity index (χ0v) is 13.0. The quantitative estimate of drug-likeness (QED) is 0.747. The topological polar surface area (TPSA) is 50.5 Å². The molecule has 3 aromatic rings. The number of nitrogens with zero attached hydrogens (tertiary/aromatic N) is 4. The molecular weight excluding hydrogens is 288 g/mol. The molecule has 1 amide bonds. The monoisotopic (exact) mass is 306 g/mol. The molecule has 1 aromatic carbocycles. The van der Waals surface area contributed by atoms with Gasteiger partial charge in [-0.05, 0) is 24.1 Å². The van der Waals surface area contributed by atoms with Gasteiger partial charge in [-0.1, -0.05) is 37.3 Å². The third-order valence-electron chi connectivity index (χ3n) is 4.44. The zero-order chi connectivity index (χ0) is 15.9. The Morgan fingerprint density at radius 3 is 2.70 bits per heavy atom. The van der Waals surface area contributed by atoms with Crippen molar-refractivity contribution >= 4 is 11.4 Å². The first kappa shape index (κ1) is 13.9. The number of rotatable bonds is 3. The van der Waals surface area contributed by atoms with Crippen LogP contribution in [0.25, 0.3) is 5.52 Å². The Labute approximate surface area is 134 Å². The lowest BCUT2D eigenvalue weighted by atomic mass is 9.76. The van der Waals surface area contributed by atoms with E-state index in [9.17, 15) is 4.79 Å². The van der Waals surface area contributed by atoms with Gasteiger partial charge in [0, 0.05) is 24.7 Å². The summed E-state index contributed by atoms with van der Waals surface area (Å²) < 4.78 is 1.50. The zero-order valence-electron chi connectivity index (χ0n) is 13.0. The van der Waals surface area contributed by atoms with E-state index >= 15 is 0 Å². The molecule has 0 radical (unpaired) electrons. The number of fused-ring (bicyclic) bond motifs is 1. The largest absolute Gasteiger partial charge is 0.337 e. The maximum atomic E-state index is 12.7. The van der Waals surface area contributed by atoms with Crippen molar-refractivity contribution in [1.82, 2.24) is 19.7 Å². The van der Waals surface area contributed by atoms with Crippen LogP contribution in [0.3, 0.4) is 0 Å². The summed E-state index contributed by atoms with van der Waals surface area (Å²) in [5.74, 6) is 0.0403. The van der Waals surface area contributed by atoms with Gasteiger partial charge in [0.1, 0.15) is 5.52 Å². The van der Waals surface area contributed by atoms with E-state index in [-0.39, 0.29) is 11.3 Å². The fraction of sp³-hybridized carbons (Fsp3) is 0.278.